The Labute approximate surface area is 211 Å². The molecule has 10 heteroatoms. The van der Waals surface area contributed by atoms with Crippen molar-refractivity contribution in [3.05, 3.63) is 34.9 Å². The third-order valence-corrected chi connectivity index (χ3v) is 6.39. The molecule has 1 aliphatic heterocycles. The molecule has 198 valence electrons. The van der Waals surface area contributed by atoms with E-state index >= 15 is 0 Å². The lowest BCUT2D eigenvalue weighted by atomic mass is 9.77. The second kappa shape index (κ2) is 12.3. The molecule has 4 atom stereocenters. The molecule has 2 amide bonds. The van der Waals surface area contributed by atoms with Crippen LogP contribution < -0.4 is 14.8 Å². The SMILES string of the molecule is CCC(=O)N(CCCOC(C)C)C1C=C(C(=O)NCCO)C2c3cc(C=O)cc(OC)c3OC2C1O. The van der Waals surface area contributed by atoms with Gasteiger partial charge in [-0.2, -0.15) is 0 Å². The van der Waals surface area contributed by atoms with Crippen molar-refractivity contribution in [2.75, 3.05) is 33.4 Å². The Morgan fingerprint density at radius 1 is 1.31 bits per heavy atom. The minimum Gasteiger partial charge on any atom is -0.493 e. The topological polar surface area (TPSA) is 135 Å². The van der Waals surface area contributed by atoms with Gasteiger partial charge in [0.05, 0.1) is 31.8 Å². The van der Waals surface area contributed by atoms with E-state index in [1.54, 1.807) is 24.0 Å². The van der Waals surface area contributed by atoms with Crippen LogP contribution in [0.15, 0.2) is 23.8 Å². The van der Waals surface area contributed by atoms with Gasteiger partial charge in [-0.3, -0.25) is 14.4 Å². The second-order valence-electron chi connectivity index (χ2n) is 9.12. The van der Waals surface area contributed by atoms with Gasteiger partial charge in [0.1, 0.15) is 18.5 Å². The molecular formula is C26H36N2O8. The summed E-state index contributed by atoms with van der Waals surface area (Å²) < 4.78 is 17.2. The summed E-state index contributed by atoms with van der Waals surface area (Å²) in [7, 11) is 1.44. The van der Waals surface area contributed by atoms with E-state index in [0.717, 1.165) is 0 Å². The Kier molecular flexibility index (Phi) is 9.47. The molecule has 4 unspecified atom stereocenters. The predicted molar refractivity (Wildman–Crippen MR) is 131 cm³/mol. The molecule has 0 saturated carbocycles. The molecule has 10 nitrogen and oxygen atoms in total. The van der Waals surface area contributed by atoms with E-state index in [0.29, 0.717) is 54.1 Å². The summed E-state index contributed by atoms with van der Waals surface area (Å²) in [6, 6.07) is 2.33. The van der Waals surface area contributed by atoms with Crippen LogP contribution in [-0.2, 0) is 14.3 Å². The molecule has 0 aromatic heterocycles. The third-order valence-electron chi connectivity index (χ3n) is 6.39. The van der Waals surface area contributed by atoms with Crippen molar-refractivity contribution in [3.8, 4) is 11.5 Å². The lowest BCUT2D eigenvalue weighted by molar-refractivity contribution is -0.137. The number of aliphatic hydroxyl groups is 2. The van der Waals surface area contributed by atoms with Crippen molar-refractivity contribution in [3.63, 3.8) is 0 Å². The summed E-state index contributed by atoms with van der Waals surface area (Å²) in [5, 5.41) is 23.3. The minimum atomic E-state index is -1.15. The smallest absolute Gasteiger partial charge is 0.247 e. The fourth-order valence-electron chi connectivity index (χ4n) is 4.76. The number of methoxy groups -OCH3 is 1. The van der Waals surface area contributed by atoms with Crippen LogP contribution in [0.4, 0.5) is 0 Å². The van der Waals surface area contributed by atoms with Gasteiger partial charge in [0.25, 0.3) is 0 Å². The summed E-state index contributed by atoms with van der Waals surface area (Å²) in [5.41, 5.74) is 1.18. The molecular weight excluding hydrogens is 468 g/mol. The van der Waals surface area contributed by atoms with Crippen LogP contribution in [0, 0.1) is 0 Å². The quantitative estimate of drug-likeness (QED) is 0.285. The largest absolute Gasteiger partial charge is 0.493 e. The molecule has 0 spiro atoms. The number of rotatable bonds is 12. The van der Waals surface area contributed by atoms with E-state index in [-0.39, 0.29) is 31.6 Å². The number of nitrogens with zero attached hydrogens (tertiary/aromatic N) is 1. The summed E-state index contributed by atoms with van der Waals surface area (Å²) in [5.74, 6) is -0.659. The van der Waals surface area contributed by atoms with Crippen LogP contribution in [0.2, 0.25) is 0 Å². The molecule has 2 aliphatic rings. The van der Waals surface area contributed by atoms with E-state index in [4.69, 9.17) is 14.2 Å². The van der Waals surface area contributed by atoms with Gasteiger partial charge >= 0.3 is 0 Å². The highest BCUT2D eigenvalue weighted by Gasteiger charge is 2.51. The first-order chi connectivity index (χ1) is 17.3. The molecule has 1 aromatic rings. The Morgan fingerprint density at radius 3 is 2.67 bits per heavy atom. The van der Waals surface area contributed by atoms with Crippen LogP contribution in [0.25, 0.3) is 0 Å². The highest BCUT2D eigenvalue weighted by atomic mass is 16.5. The number of aliphatic hydroxyl groups excluding tert-OH is 2. The zero-order valence-electron chi connectivity index (χ0n) is 21.2. The Bertz CT molecular complexity index is 992. The number of hydrogen-bond acceptors (Lipinski definition) is 8. The number of benzene rings is 1. The number of nitrogens with one attached hydrogen (secondary N) is 1. The number of fused-ring (bicyclic) bond motifs is 3. The second-order valence-corrected chi connectivity index (χ2v) is 9.12. The first kappa shape index (κ1) is 27.6. The molecule has 0 fully saturated rings. The van der Waals surface area contributed by atoms with Gasteiger partial charge < -0.3 is 34.6 Å². The van der Waals surface area contributed by atoms with Crippen LogP contribution in [0.1, 0.15) is 55.5 Å². The summed E-state index contributed by atoms with van der Waals surface area (Å²) in [6.45, 7) is 6.17. The summed E-state index contributed by atoms with van der Waals surface area (Å²) in [6.07, 6.45) is 1.07. The van der Waals surface area contributed by atoms with Gasteiger partial charge in [-0.15, -0.1) is 0 Å². The van der Waals surface area contributed by atoms with Crippen molar-refractivity contribution < 1.29 is 38.8 Å². The predicted octanol–water partition coefficient (Wildman–Crippen LogP) is 1.18. The number of carbonyl (C=O) groups excluding carboxylic acids is 3. The number of carbonyl (C=O) groups is 3. The average molecular weight is 505 g/mol. The highest BCUT2D eigenvalue weighted by molar-refractivity contribution is 5.96. The van der Waals surface area contributed by atoms with E-state index in [1.807, 2.05) is 13.8 Å². The fourth-order valence-corrected chi connectivity index (χ4v) is 4.76. The van der Waals surface area contributed by atoms with Gasteiger partial charge in [-0.1, -0.05) is 6.92 Å². The first-order valence-electron chi connectivity index (χ1n) is 12.3. The van der Waals surface area contributed by atoms with Crippen LogP contribution in [0.3, 0.4) is 0 Å². The van der Waals surface area contributed by atoms with Crippen LogP contribution >= 0.6 is 0 Å². The lowest BCUT2D eigenvalue weighted by Gasteiger charge is -2.40. The van der Waals surface area contributed by atoms with Gasteiger partial charge in [0.15, 0.2) is 11.5 Å². The maximum atomic E-state index is 13.2. The highest BCUT2D eigenvalue weighted by Crippen LogP contribution is 2.51. The zero-order valence-corrected chi connectivity index (χ0v) is 21.2. The number of amides is 2. The number of ether oxygens (including phenoxy) is 3. The van der Waals surface area contributed by atoms with Gasteiger partial charge in [0.2, 0.25) is 11.8 Å². The van der Waals surface area contributed by atoms with Crippen molar-refractivity contribution in [2.24, 2.45) is 0 Å². The molecule has 1 heterocycles. The van der Waals surface area contributed by atoms with E-state index in [2.05, 4.69) is 5.32 Å². The maximum absolute atomic E-state index is 13.2. The number of aldehydes is 1. The first-order valence-corrected chi connectivity index (χ1v) is 12.3. The molecule has 0 bridgehead atoms. The van der Waals surface area contributed by atoms with Gasteiger partial charge in [-0.05, 0) is 38.5 Å². The molecule has 1 aliphatic carbocycles. The van der Waals surface area contributed by atoms with E-state index in [9.17, 15) is 24.6 Å². The van der Waals surface area contributed by atoms with Crippen LogP contribution in [0.5, 0.6) is 11.5 Å². The maximum Gasteiger partial charge on any atom is 0.247 e. The van der Waals surface area contributed by atoms with Crippen molar-refractivity contribution >= 4 is 18.1 Å². The monoisotopic (exact) mass is 504 g/mol. The molecule has 36 heavy (non-hydrogen) atoms. The van der Waals surface area contributed by atoms with Crippen LogP contribution in [-0.4, -0.2) is 91.0 Å². The third kappa shape index (κ3) is 5.71. The molecule has 3 N–H and O–H groups in total. The van der Waals surface area contributed by atoms with Crippen molar-refractivity contribution in [2.45, 2.75) is 63.9 Å². The minimum absolute atomic E-state index is 0.0380. The average Bonchev–Trinajstić information content (AvgIpc) is 3.26. The molecule has 0 radical (unpaired) electrons. The van der Waals surface area contributed by atoms with Gasteiger partial charge in [-0.25, -0.2) is 0 Å². The molecule has 1 aromatic carbocycles. The Morgan fingerprint density at radius 2 is 2.06 bits per heavy atom. The summed E-state index contributed by atoms with van der Waals surface area (Å²) in [4.78, 5) is 39.3. The van der Waals surface area contributed by atoms with Crippen molar-refractivity contribution in [1.82, 2.24) is 10.2 Å². The fraction of sp³-hybridized carbons (Fsp3) is 0.577. The van der Waals surface area contributed by atoms with Crippen molar-refractivity contribution in [1.29, 1.82) is 0 Å². The standard InChI is InChI=1S/C26H36N2O8/c1-5-21(31)28(8-6-10-35-15(2)3)19-13-18(26(33)27-7-9-29)22-17-11-16(14-30)12-20(34-4)24(17)36-25(22)23(19)32/h11-15,19,22-23,25,29,32H,5-10H2,1-4H3,(H,27,33). The van der Waals surface area contributed by atoms with E-state index in [1.165, 1.54) is 13.2 Å². The molecule has 0 saturated heterocycles. The zero-order chi connectivity index (χ0) is 26.4. The lowest BCUT2D eigenvalue weighted by Crippen LogP contribution is -2.56. The van der Waals surface area contributed by atoms with E-state index < -0.39 is 30.1 Å². The normalized spacial score (nSPS) is 22.2. The van der Waals surface area contributed by atoms with Gasteiger partial charge in [0, 0.05) is 42.8 Å². The Balaban J connectivity index is 2.04. The Hall–Kier alpha value is -2.95. The number of hydrogen-bond donors (Lipinski definition) is 3. The molecule has 3 rings (SSSR count). The summed E-state index contributed by atoms with van der Waals surface area (Å²) >= 11 is 0.